The zero-order valence-corrected chi connectivity index (χ0v) is 9.47. The van der Waals surface area contributed by atoms with Gasteiger partial charge in [0.1, 0.15) is 0 Å². The lowest BCUT2D eigenvalue weighted by Crippen LogP contribution is -1.79. The van der Waals surface area contributed by atoms with Crippen LogP contribution in [0.1, 0.15) is 12.5 Å². The van der Waals surface area contributed by atoms with Crippen LogP contribution < -0.4 is 0 Å². The van der Waals surface area contributed by atoms with Crippen molar-refractivity contribution in [3.63, 3.8) is 0 Å². The Kier molecular flexibility index (Phi) is 2.00. The van der Waals surface area contributed by atoms with Crippen molar-refractivity contribution < 1.29 is 0 Å². The fourth-order valence-corrected chi connectivity index (χ4v) is 3.30. The predicted octanol–water partition coefficient (Wildman–Crippen LogP) is 4.62. The van der Waals surface area contributed by atoms with Crippen molar-refractivity contribution in [1.29, 1.82) is 0 Å². The first-order valence-corrected chi connectivity index (χ1v) is 6.11. The van der Waals surface area contributed by atoms with Crippen LogP contribution in [0.5, 0.6) is 0 Å². The summed E-state index contributed by atoms with van der Waals surface area (Å²) in [6.07, 6.45) is 1.11. The summed E-state index contributed by atoms with van der Waals surface area (Å²) in [6, 6.07) is 15.3. The molecule has 0 atom stereocenters. The third-order valence-corrected chi connectivity index (χ3v) is 4.01. The molecule has 3 aromatic rings. The molecule has 74 valence electrons. The van der Waals surface area contributed by atoms with Crippen LogP contribution in [0.25, 0.3) is 20.2 Å². The van der Waals surface area contributed by atoms with E-state index in [2.05, 4.69) is 49.4 Å². The second-order valence-corrected chi connectivity index (χ2v) is 4.83. The summed E-state index contributed by atoms with van der Waals surface area (Å²) in [7, 11) is 0. The molecular weight excluding hydrogens is 200 g/mol. The van der Waals surface area contributed by atoms with E-state index in [0.29, 0.717) is 0 Å². The molecule has 15 heavy (non-hydrogen) atoms. The van der Waals surface area contributed by atoms with E-state index in [1.54, 1.807) is 0 Å². The molecule has 1 heterocycles. The number of hydrogen-bond donors (Lipinski definition) is 0. The van der Waals surface area contributed by atoms with Gasteiger partial charge in [0.2, 0.25) is 0 Å². The molecule has 0 bridgehead atoms. The van der Waals surface area contributed by atoms with Gasteiger partial charge in [0, 0.05) is 20.2 Å². The fraction of sp³-hybridized carbons (Fsp3) is 0.143. The topological polar surface area (TPSA) is 0 Å². The van der Waals surface area contributed by atoms with Gasteiger partial charge < -0.3 is 0 Å². The number of hydrogen-bond acceptors (Lipinski definition) is 1. The molecule has 0 radical (unpaired) electrons. The Morgan fingerprint density at radius 2 is 1.73 bits per heavy atom. The van der Waals surface area contributed by atoms with Crippen molar-refractivity contribution in [2.75, 3.05) is 0 Å². The third-order valence-electron chi connectivity index (χ3n) is 2.87. The average Bonchev–Trinajstić information content (AvgIpc) is 2.67. The quantitative estimate of drug-likeness (QED) is 0.552. The molecule has 0 saturated carbocycles. The number of thiophene rings is 1. The van der Waals surface area contributed by atoms with Gasteiger partial charge >= 0.3 is 0 Å². The molecular formula is C14H12S. The van der Waals surface area contributed by atoms with Crippen LogP contribution in [0.3, 0.4) is 0 Å². The van der Waals surface area contributed by atoms with Crippen molar-refractivity contribution in [3.8, 4) is 0 Å². The number of fused-ring (bicyclic) bond motifs is 3. The minimum atomic E-state index is 1.11. The molecule has 0 spiro atoms. The summed E-state index contributed by atoms with van der Waals surface area (Å²) < 4.78 is 2.81. The molecule has 0 aliphatic carbocycles. The maximum atomic E-state index is 2.24. The van der Waals surface area contributed by atoms with Gasteiger partial charge in [0.15, 0.2) is 0 Å². The van der Waals surface area contributed by atoms with E-state index in [1.165, 1.54) is 25.7 Å². The number of aryl methyl sites for hydroxylation is 1. The lowest BCUT2D eigenvalue weighted by Gasteiger charge is -1.99. The Hall–Kier alpha value is -1.34. The molecule has 0 unspecified atom stereocenters. The van der Waals surface area contributed by atoms with Gasteiger partial charge in [0.25, 0.3) is 0 Å². The normalized spacial score (nSPS) is 11.3. The van der Waals surface area contributed by atoms with Crippen LogP contribution in [0.15, 0.2) is 42.5 Å². The van der Waals surface area contributed by atoms with Crippen LogP contribution in [-0.4, -0.2) is 0 Å². The SMILES string of the molecule is CCc1cccc2sc3ccccc3c12. The van der Waals surface area contributed by atoms with Gasteiger partial charge in [-0.15, -0.1) is 11.3 Å². The first-order valence-electron chi connectivity index (χ1n) is 5.29. The highest BCUT2D eigenvalue weighted by Crippen LogP contribution is 2.35. The molecule has 0 nitrogen and oxygen atoms in total. The molecule has 3 rings (SSSR count). The Labute approximate surface area is 93.2 Å². The standard InChI is InChI=1S/C14H12S/c1-2-10-6-5-9-13-14(10)11-7-3-4-8-12(11)15-13/h3-9H,2H2,1H3. The van der Waals surface area contributed by atoms with Gasteiger partial charge in [-0.25, -0.2) is 0 Å². The van der Waals surface area contributed by atoms with Gasteiger partial charge in [-0.3, -0.25) is 0 Å². The molecule has 1 aromatic heterocycles. The summed E-state index contributed by atoms with van der Waals surface area (Å²) in [5.74, 6) is 0. The molecule has 0 aliphatic heterocycles. The van der Waals surface area contributed by atoms with E-state index in [9.17, 15) is 0 Å². The predicted molar refractivity (Wildman–Crippen MR) is 68.7 cm³/mol. The number of benzene rings is 2. The van der Waals surface area contributed by atoms with E-state index >= 15 is 0 Å². The highest BCUT2D eigenvalue weighted by molar-refractivity contribution is 7.25. The average molecular weight is 212 g/mol. The molecule has 1 heteroatoms. The van der Waals surface area contributed by atoms with Gasteiger partial charge in [-0.05, 0) is 24.1 Å². The highest BCUT2D eigenvalue weighted by atomic mass is 32.1. The Bertz CT molecular complexity index is 619. The summed E-state index contributed by atoms with van der Waals surface area (Å²) in [5, 5.41) is 2.87. The fourth-order valence-electron chi connectivity index (χ4n) is 2.14. The molecule has 0 saturated heterocycles. The van der Waals surface area contributed by atoms with Crippen LogP contribution in [-0.2, 0) is 6.42 Å². The monoisotopic (exact) mass is 212 g/mol. The minimum Gasteiger partial charge on any atom is -0.135 e. The summed E-state index contributed by atoms with van der Waals surface area (Å²) in [6.45, 7) is 2.22. The highest BCUT2D eigenvalue weighted by Gasteiger charge is 2.06. The zero-order valence-electron chi connectivity index (χ0n) is 8.66. The van der Waals surface area contributed by atoms with Crippen molar-refractivity contribution in [2.24, 2.45) is 0 Å². The zero-order chi connectivity index (χ0) is 10.3. The maximum Gasteiger partial charge on any atom is 0.0358 e. The molecule has 0 fully saturated rings. The second-order valence-electron chi connectivity index (χ2n) is 3.74. The molecule has 0 aliphatic rings. The first kappa shape index (κ1) is 8.93. The Balaban J connectivity index is 2.56. The first-order chi connectivity index (χ1) is 7.40. The van der Waals surface area contributed by atoms with Gasteiger partial charge in [-0.2, -0.15) is 0 Å². The minimum absolute atomic E-state index is 1.11. The summed E-state index contributed by atoms with van der Waals surface area (Å²) in [4.78, 5) is 0. The molecule has 0 amide bonds. The lowest BCUT2D eigenvalue weighted by atomic mass is 10.0. The molecule has 0 N–H and O–H groups in total. The Morgan fingerprint density at radius 1 is 0.933 bits per heavy atom. The number of rotatable bonds is 1. The van der Waals surface area contributed by atoms with E-state index < -0.39 is 0 Å². The third kappa shape index (κ3) is 1.27. The van der Waals surface area contributed by atoms with Crippen molar-refractivity contribution in [2.45, 2.75) is 13.3 Å². The van der Waals surface area contributed by atoms with Gasteiger partial charge in [0.05, 0.1) is 0 Å². The lowest BCUT2D eigenvalue weighted by molar-refractivity contribution is 1.16. The maximum absolute atomic E-state index is 2.24. The summed E-state index contributed by atoms with van der Waals surface area (Å²) >= 11 is 1.89. The smallest absolute Gasteiger partial charge is 0.0358 e. The van der Waals surface area contributed by atoms with Crippen molar-refractivity contribution in [1.82, 2.24) is 0 Å². The van der Waals surface area contributed by atoms with E-state index in [-0.39, 0.29) is 0 Å². The van der Waals surface area contributed by atoms with Crippen LogP contribution >= 0.6 is 11.3 Å². The summed E-state index contributed by atoms with van der Waals surface area (Å²) in [5.41, 5.74) is 1.46. The second kappa shape index (κ2) is 3.35. The van der Waals surface area contributed by atoms with Crippen LogP contribution in [0.4, 0.5) is 0 Å². The van der Waals surface area contributed by atoms with Crippen LogP contribution in [0, 0.1) is 0 Å². The van der Waals surface area contributed by atoms with Crippen LogP contribution in [0.2, 0.25) is 0 Å². The van der Waals surface area contributed by atoms with Crippen molar-refractivity contribution in [3.05, 3.63) is 48.0 Å². The largest absolute Gasteiger partial charge is 0.135 e. The van der Waals surface area contributed by atoms with Gasteiger partial charge in [-0.1, -0.05) is 37.3 Å². The van der Waals surface area contributed by atoms with E-state index in [4.69, 9.17) is 0 Å². The van der Waals surface area contributed by atoms with Crippen molar-refractivity contribution >= 4 is 31.5 Å². The Morgan fingerprint density at radius 3 is 2.60 bits per heavy atom. The molecule has 2 aromatic carbocycles. The van der Waals surface area contributed by atoms with E-state index in [0.717, 1.165) is 6.42 Å². The van der Waals surface area contributed by atoms with E-state index in [1.807, 2.05) is 11.3 Å².